The van der Waals surface area contributed by atoms with Crippen molar-refractivity contribution in [1.82, 2.24) is 15.2 Å². The second kappa shape index (κ2) is 10.8. The van der Waals surface area contributed by atoms with Gasteiger partial charge in [-0.2, -0.15) is 0 Å². The van der Waals surface area contributed by atoms with E-state index in [9.17, 15) is 4.79 Å². The topological polar surface area (TPSA) is 99.4 Å². The lowest BCUT2D eigenvalue weighted by molar-refractivity contribution is -0.113. The zero-order valence-corrected chi connectivity index (χ0v) is 19.1. The van der Waals surface area contributed by atoms with Crippen LogP contribution in [0.25, 0.3) is 11.5 Å². The Hall–Kier alpha value is -3.56. The zero-order chi connectivity index (χ0) is 23.0. The highest BCUT2D eigenvalue weighted by atomic mass is 35.5. The first-order valence-corrected chi connectivity index (χ1v) is 11.2. The number of benzene rings is 2. The molecule has 0 spiro atoms. The van der Waals surface area contributed by atoms with E-state index in [1.165, 1.54) is 0 Å². The normalized spacial score (nSPS) is 10.6. The van der Waals surface area contributed by atoms with Gasteiger partial charge in [0.15, 0.2) is 11.5 Å². The molecule has 2 aromatic carbocycles. The van der Waals surface area contributed by atoms with Gasteiger partial charge in [0.2, 0.25) is 11.8 Å². The number of ether oxygens (including phenoxy) is 2. The zero-order valence-electron chi connectivity index (χ0n) is 17.5. The molecule has 0 aliphatic heterocycles. The number of halogens is 1. The van der Waals surface area contributed by atoms with Gasteiger partial charge in [-0.3, -0.25) is 9.78 Å². The summed E-state index contributed by atoms with van der Waals surface area (Å²) < 4.78 is 16.8. The summed E-state index contributed by atoms with van der Waals surface area (Å²) in [5.74, 6) is 1.32. The highest BCUT2D eigenvalue weighted by molar-refractivity contribution is 7.99. The lowest BCUT2D eigenvalue weighted by Gasteiger charge is -2.13. The molecule has 2 heterocycles. The van der Waals surface area contributed by atoms with Crippen LogP contribution in [0.3, 0.4) is 0 Å². The molecule has 0 bridgehead atoms. The summed E-state index contributed by atoms with van der Waals surface area (Å²) >= 11 is 7.04. The Kier molecular flexibility index (Phi) is 7.43. The van der Waals surface area contributed by atoms with E-state index in [1.807, 2.05) is 12.1 Å². The lowest BCUT2D eigenvalue weighted by atomic mass is 10.2. The van der Waals surface area contributed by atoms with E-state index in [1.54, 1.807) is 62.0 Å². The first-order chi connectivity index (χ1) is 16.1. The summed E-state index contributed by atoms with van der Waals surface area (Å²) in [7, 11) is 1.56. The highest BCUT2D eigenvalue weighted by Crippen LogP contribution is 2.31. The Balaban J connectivity index is 1.34. The molecular weight excluding hydrogens is 464 g/mol. The number of rotatable bonds is 9. The summed E-state index contributed by atoms with van der Waals surface area (Å²) in [6.45, 7) is 0.346. The van der Waals surface area contributed by atoms with E-state index in [2.05, 4.69) is 20.5 Å². The standard InChI is InChI=1S/C23H19ClN4O4S/c1-30-19-7-6-18(12-20(19)31-13-15-8-10-25-11-9-15)26-21(29)14-33-23-28-27-22(32-23)16-2-4-17(24)5-3-16/h2-12H,13-14H2,1H3,(H,26,29). The van der Waals surface area contributed by atoms with Crippen LogP contribution in [-0.2, 0) is 11.4 Å². The average Bonchev–Trinajstić information content (AvgIpc) is 3.32. The van der Waals surface area contributed by atoms with Crippen molar-refractivity contribution in [3.63, 3.8) is 0 Å². The number of hydrogen-bond donors (Lipinski definition) is 1. The van der Waals surface area contributed by atoms with Gasteiger partial charge in [0.05, 0.1) is 12.9 Å². The Morgan fingerprint density at radius 1 is 1.06 bits per heavy atom. The van der Waals surface area contributed by atoms with Gasteiger partial charge in [-0.25, -0.2) is 0 Å². The number of amides is 1. The summed E-state index contributed by atoms with van der Waals surface area (Å²) in [6.07, 6.45) is 3.40. The van der Waals surface area contributed by atoms with E-state index < -0.39 is 0 Å². The number of hydrogen-bond acceptors (Lipinski definition) is 8. The van der Waals surface area contributed by atoms with Crippen LogP contribution in [0.5, 0.6) is 11.5 Å². The smallest absolute Gasteiger partial charge is 0.277 e. The lowest BCUT2D eigenvalue weighted by Crippen LogP contribution is -2.14. The maximum Gasteiger partial charge on any atom is 0.277 e. The van der Waals surface area contributed by atoms with Crippen LogP contribution in [0, 0.1) is 0 Å². The molecular formula is C23H19ClN4O4S. The third kappa shape index (κ3) is 6.24. The Morgan fingerprint density at radius 3 is 2.61 bits per heavy atom. The Morgan fingerprint density at radius 2 is 1.85 bits per heavy atom. The van der Waals surface area contributed by atoms with Crippen LogP contribution in [-0.4, -0.2) is 34.0 Å². The van der Waals surface area contributed by atoms with Crippen LogP contribution < -0.4 is 14.8 Å². The number of methoxy groups -OCH3 is 1. The maximum absolute atomic E-state index is 12.4. The van der Waals surface area contributed by atoms with Gasteiger partial charge in [-0.1, -0.05) is 23.4 Å². The first kappa shape index (κ1) is 22.6. The van der Waals surface area contributed by atoms with Crippen LogP contribution in [0.15, 0.2) is 76.6 Å². The van der Waals surface area contributed by atoms with Gasteiger partial charge >= 0.3 is 0 Å². The number of carbonyl (C=O) groups is 1. The molecule has 10 heteroatoms. The van der Waals surface area contributed by atoms with E-state index in [4.69, 9.17) is 25.5 Å². The summed E-state index contributed by atoms with van der Waals surface area (Å²) in [6, 6.07) is 16.0. The van der Waals surface area contributed by atoms with E-state index in [0.29, 0.717) is 39.9 Å². The van der Waals surface area contributed by atoms with Crippen molar-refractivity contribution in [2.45, 2.75) is 11.8 Å². The van der Waals surface area contributed by atoms with Crippen molar-refractivity contribution in [1.29, 1.82) is 0 Å². The van der Waals surface area contributed by atoms with Crippen molar-refractivity contribution < 1.29 is 18.7 Å². The molecule has 2 aromatic heterocycles. The van der Waals surface area contributed by atoms with Crippen LogP contribution in [0.4, 0.5) is 5.69 Å². The number of carbonyl (C=O) groups excluding carboxylic acids is 1. The molecule has 0 saturated carbocycles. The number of thioether (sulfide) groups is 1. The third-order valence-electron chi connectivity index (χ3n) is 4.42. The van der Waals surface area contributed by atoms with Crippen molar-refractivity contribution in [3.05, 3.63) is 77.6 Å². The molecule has 0 atom stereocenters. The summed E-state index contributed by atoms with van der Waals surface area (Å²) in [5.41, 5.74) is 2.30. The van der Waals surface area contributed by atoms with Crippen molar-refractivity contribution in [2.75, 3.05) is 18.2 Å². The number of nitrogens with zero attached hydrogens (tertiary/aromatic N) is 3. The third-order valence-corrected chi connectivity index (χ3v) is 5.49. The van der Waals surface area contributed by atoms with Gasteiger partial charge in [0, 0.05) is 34.7 Å². The fraction of sp³-hybridized carbons (Fsp3) is 0.130. The molecule has 0 saturated heterocycles. The Bertz CT molecular complexity index is 1220. The Labute approximate surface area is 199 Å². The second-order valence-corrected chi connectivity index (χ2v) is 8.09. The first-order valence-electron chi connectivity index (χ1n) is 9.82. The monoisotopic (exact) mass is 482 g/mol. The largest absolute Gasteiger partial charge is 0.493 e. The fourth-order valence-electron chi connectivity index (χ4n) is 2.81. The van der Waals surface area contributed by atoms with Crippen molar-refractivity contribution in [3.8, 4) is 23.0 Å². The van der Waals surface area contributed by atoms with Crippen LogP contribution in [0.2, 0.25) is 5.02 Å². The average molecular weight is 483 g/mol. The van der Waals surface area contributed by atoms with E-state index in [0.717, 1.165) is 22.9 Å². The molecule has 4 rings (SSSR count). The minimum Gasteiger partial charge on any atom is -0.493 e. The number of nitrogens with one attached hydrogen (secondary N) is 1. The molecule has 168 valence electrons. The van der Waals surface area contributed by atoms with Crippen molar-refractivity contribution >= 4 is 35.0 Å². The highest BCUT2D eigenvalue weighted by Gasteiger charge is 2.13. The number of aromatic nitrogens is 3. The van der Waals surface area contributed by atoms with Gasteiger partial charge in [0.1, 0.15) is 6.61 Å². The molecule has 0 fully saturated rings. The van der Waals surface area contributed by atoms with Crippen LogP contribution >= 0.6 is 23.4 Å². The van der Waals surface area contributed by atoms with E-state index >= 15 is 0 Å². The number of anilines is 1. The fourth-order valence-corrected chi connectivity index (χ4v) is 3.50. The van der Waals surface area contributed by atoms with Gasteiger partial charge in [-0.15, -0.1) is 10.2 Å². The molecule has 4 aromatic rings. The molecule has 0 aliphatic rings. The quantitative estimate of drug-likeness (QED) is 0.329. The molecule has 8 nitrogen and oxygen atoms in total. The van der Waals surface area contributed by atoms with Gasteiger partial charge in [0.25, 0.3) is 5.22 Å². The predicted molar refractivity (Wildman–Crippen MR) is 126 cm³/mol. The second-order valence-electron chi connectivity index (χ2n) is 6.73. The molecule has 1 amide bonds. The molecule has 1 N–H and O–H groups in total. The SMILES string of the molecule is COc1ccc(NC(=O)CSc2nnc(-c3ccc(Cl)cc3)o2)cc1OCc1ccncc1. The molecule has 0 aliphatic carbocycles. The van der Waals surface area contributed by atoms with Crippen LogP contribution in [0.1, 0.15) is 5.56 Å². The van der Waals surface area contributed by atoms with Gasteiger partial charge in [-0.05, 0) is 54.1 Å². The minimum atomic E-state index is -0.225. The minimum absolute atomic E-state index is 0.0987. The summed E-state index contributed by atoms with van der Waals surface area (Å²) in [4.78, 5) is 16.4. The molecule has 0 radical (unpaired) electrons. The van der Waals surface area contributed by atoms with E-state index in [-0.39, 0.29) is 11.7 Å². The predicted octanol–water partition coefficient (Wildman–Crippen LogP) is 5.10. The van der Waals surface area contributed by atoms with Crippen molar-refractivity contribution in [2.24, 2.45) is 0 Å². The number of pyridine rings is 1. The summed E-state index contributed by atoms with van der Waals surface area (Å²) in [5, 5.41) is 11.7. The molecule has 0 unspecified atom stereocenters. The van der Waals surface area contributed by atoms with Gasteiger partial charge < -0.3 is 19.2 Å². The maximum atomic E-state index is 12.4. The molecule has 33 heavy (non-hydrogen) atoms.